The summed E-state index contributed by atoms with van der Waals surface area (Å²) in [5, 5.41) is 0. The zero-order valence-corrected chi connectivity index (χ0v) is 16.9. The van der Waals surface area contributed by atoms with Crippen molar-refractivity contribution in [3.05, 3.63) is 53.3 Å². The lowest BCUT2D eigenvalue weighted by Gasteiger charge is -2.16. The first-order valence-electron chi connectivity index (χ1n) is 9.66. The number of benzene rings is 1. The van der Waals surface area contributed by atoms with E-state index in [1.54, 1.807) is 12.1 Å². The third-order valence-electron chi connectivity index (χ3n) is 5.23. The van der Waals surface area contributed by atoms with Gasteiger partial charge in [-0.1, -0.05) is 32.0 Å². The molecule has 1 aromatic heterocycles. The maximum atomic E-state index is 12.9. The lowest BCUT2D eigenvalue weighted by atomic mass is 10.1. The molecule has 0 spiro atoms. The van der Waals surface area contributed by atoms with Gasteiger partial charge in [0.2, 0.25) is 0 Å². The summed E-state index contributed by atoms with van der Waals surface area (Å²) >= 11 is 0. The summed E-state index contributed by atoms with van der Waals surface area (Å²) in [7, 11) is 0. The van der Waals surface area contributed by atoms with Crippen LogP contribution in [0.5, 0.6) is 0 Å². The summed E-state index contributed by atoms with van der Waals surface area (Å²) in [6.45, 7) is 8.83. The van der Waals surface area contributed by atoms with Gasteiger partial charge < -0.3 is 4.57 Å². The first-order valence-corrected chi connectivity index (χ1v) is 9.66. The Kier molecular flexibility index (Phi) is 5.68. The van der Waals surface area contributed by atoms with Crippen LogP contribution in [-0.2, 0) is 11.3 Å². The van der Waals surface area contributed by atoms with Gasteiger partial charge in [-0.3, -0.25) is 19.4 Å². The van der Waals surface area contributed by atoms with E-state index in [4.69, 9.17) is 0 Å². The molecule has 0 atom stereocenters. The Morgan fingerprint density at radius 2 is 1.79 bits per heavy atom. The van der Waals surface area contributed by atoms with Crippen LogP contribution in [0, 0.1) is 19.8 Å². The van der Waals surface area contributed by atoms with Crippen LogP contribution in [0.15, 0.2) is 36.4 Å². The number of amides is 3. The Bertz CT molecular complexity index is 899. The van der Waals surface area contributed by atoms with Gasteiger partial charge in [-0.25, -0.2) is 4.79 Å². The zero-order valence-electron chi connectivity index (χ0n) is 16.9. The average Bonchev–Trinajstić information content (AvgIpc) is 3.10. The van der Waals surface area contributed by atoms with Gasteiger partial charge in [0.25, 0.3) is 5.91 Å². The second-order valence-electron chi connectivity index (χ2n) is 7.73. The number of carbonyl (C=O) groups excluding carboxylic acids is 3. The fraction of sp³-hybridized carbons (Fsp3) is 0.409. The van der Waals surface area contributed by atoms with Crippen molar-refractivity contribution in [2.45, 2.75) is 40.7 Å². The van der Waals surface area contributed by atoms with Gasteiger partial charge in [0.05, 0.1) is 6.54 Å². The normalized spacial score (nSPS) is 14.5. The van der Waals surface area contributed by atoms with Crippen molar-refractivity contribution in [3.8, 4) is 0 Å². The third kappa shape index (κ3) is 3.86. The van der Waals surface area contributed by atoms with Crippen molar-refractivity contribution in [2.24, 2.45) is 5.92 Å². The number of nitrogens with zero attached hydrogens (tertiary/aromatic N) is 3. The van der Waals surface area contributed by atoms with Crippen LogP contribution in [0.1, 0.15) is 42.0 Å². The van der Waals surface area contributed by atoms with Crippen molar-refractivity contribution in [2.75, 3.05) is 18.0 Å². The number of aryl methyl sites for hydroxylation is 1. The second kappa shape index (κ2) is 8.00. The number of hydrogen-bond donors (Lipinski definition) is 0. The number of carbonyl (C=O) groups is 3. The minimum atomic E-state index is -0.446. The van der Waals surface area contributed by atoms with Gasteiger partial charge in [-0.15, -0.1) is 0 Å². The first kappa shape index (κ1) is 19.9. The Hall–Kier alpha value is -2.89. The summed E-state index contributed by atoms with van der Waals surface area (Å²) < 4.78 is 2.14. The Balaban J connectivity index is 1.75. The maximum absolute atomic E-state index is 12.9. The summed E-state index contributed by atoms with van der Waals surface area (Å²) in [4.78, 5) is 40.4. The molecule has 1 aliphatic rings. The van der Waals surface area contributed by atoms with Crippen molar-refractivity contribution in [1.29, 1.82) is 0 Å². The van der Waals surface area contributed by atoms with Gasteiger partial charge in [0.1, 0.15) is 6.54 Å². The van der Waals surface area contributed by atoms with Gasteiger partial charge >= 0.3 is 6.03 Å². The molecular weight excluding hydrogens is 354 g/mol. The third-order valence-corrected chi connectivity index (χ3v) is 5.23. The van der Waals surface area contributed by atoms with E-state index in [0.29, 0.717) is 17.2 Å². The Morgan fingerprint density at radius 3 is 2.43 bits per heavy atom. The van der Waals surface area contributed by atoms with Gasteiger partial charge in [-0.2, -0.15) is 0 Å². The fourth-order valence-corrected chi connectivity index (χ4v) is 3.55. The van der Waals surface area contributed by atoms with Crippen molar-refractivity contribution < 1.29 is 14.4 Å². The number of anilines is 1. The summed E-state index contributed by atoms with van der Waals surface area (Å²) in [6.07, 6.45) is 1.03. The number of ketones is 1. The molecule has 2 heterocycles. The highest BCUT2D eigenvalue weighted by atomic mass is 16.2. The van der Waals surface area contributed by atoms with Gasteiger partial charge in [0, 0.05) is 29.2 Å². The molecule has 0 N–H and O–H groups in total. The predicted molar refractivity (Wildman–Crippen MR) is 109 cm³/mol. The molecule has 1 fully saturated rings. The molecule has 1 aromatic carbocycles. The van der Waals surface area contributed by atoms with Gasteiger partial charge in [-0.05, 0) is 44.4 Å². The molecular formula is C22H27N3O3. The second-order valence-corrected chi connectivity index (χ2v) is 7.73. The van der Waals surface area contributed by atoms with Gasteiger partial charge in [0.15, 0.2) is 5.78 Å². The summed E-state index contributed by atoms with van der Waals surface area (Å²) in [5.74, 6) is 0.0143. The molecule has 2 aromatic rings. The minimum Gasteiger partial charge on any atom is -0.348 e. The fourth-order valence-electron chi connectivity index (χ4n) is 3.55. The lowest BCUT2D eigenvalue weighted by molar-refractivity contribution is -0.124. The molecule has 0 radical (unpaired) electrons. The van der Waals surface area contributed by atoms with E-state index < -0.39 is 6.03 Å². The molecule has 3 amide bonds. The van der Waals surface area contributed by atoms with E-state index in [1.807, 2.05) is 38.1 Å². The van der Waals surface area contributed by atoms with Crippen molar-refractivity contribution >= 4 is 23.4 Å². The molecule has 148 valence electrons. The van der Waals surface area contributed by atoms with E-state index >= 15 is 0 Å². The molecule has 0 aliphatic carbocycles. The Morgan fingerprint density at radius 1 is 1.11 bits per heavy atom. The van der Waals surface area contributed by atoms with Crippen molar-refractivity contribution in [3.63, 3.8) is 0 Å². The molecule has 1 aliphatic heterocycles. The van der Waals surface area contributed by atoms with Crippen LogP contribution in [-0.4, -0.2) is 40.3 Å². The first-order chi connectivity index (χ1) is 13.3. The van der Waals surface area contributed by atoms with E-state index in [0.717, 1.165) is 29.3 Å². The number of rotatable bonds is 7. The maximum Gasteiger partial charge on any atom is 0.332 e. The smallest absolute Gasteiger partial charge is 0.332 e. The zero-order chi connectivity index (χ0) is 20.4. The summed E-state index contributed by atoms with van der Waals surface area (Å²) in [5.41, 5.74) is 3.15. The number of urea groups is 1. The van der Waals surface area contributed by atoms with E-state index in [2.05, 4.69) is 18.4 Å². The largest absolute Gasteiger partial charge is 0.348 e. The quantitative estimate of drug-likeness (QED) is 0.541. The standard InChI is InChI=1S/C22H27N3O3/c1-15(2)10-11-23-16(3)12-19(17(23)4)20(26)13-25-21(27)14-24(22(25)28)18-8-6-5-7-9-18/h5-9,12,15H,10-11,13-14H2,1-4H3. The topological polar surface area (TPSA) is 62.6 Å². The molecule has 0 bridgehead atoms. The molecule has 28 heavy (non-hydrogen) atoms. The lowest BCUT2D eigenvalue weighted by Crippen LogP contribution is -2.37. The predicted octanol–water partition coefficient (Wildman–Crippen LogP) is 3.80. The highest BCUT2D eigenvalue weighted by molar-refractivity contribution is 6.15. The highest BCUT2D eigenvalue weighted by Crippen LogP contribution is 2.22. The van der Waals surface area contributed by atoms with E-state index in [9.17, 15) is 14.4 Å². The van der Waals surface area contributed by atoms with Crippen LogP contribution in [0.3, 0.4) is 0 Å². The molecule has 1 saturated heterocycles. The highest BCUT2D eigenvalue weighted by Gasteiger charge is 2.38. The molecule has 3 rings (SSSR count). The van der Waals surface area contributed by atoms with Crippen LogP contribution in [0.2, 0.25) is 0 Å². The van der Waals surface area contributed by atoms with E-state index in [1.165, 1.54) is 4.90 Å². The van der Waals surface area contributed by atoms with Crippen LogP contribution in [0.25, 0.3) is 0 Å². The minimum absolute atomic E-state index is 0.0382. The molecule has 6 nitrogen and oxygen atoms in total. The van der Waals surface area contributed by atoms with E-state index in [-0.39, 0.29) is 24.8 Å². The van der Waals surface area contributed by atoms with Crippen molar-refractivity contribution in [1.82, 2.24) is 9.47 Å². The number of imide groups is 1. The number of Topliss-reactive ketones (excluding diaryl/α,β-unsaturated/α-hetero) is 1. The SMILES string of the molecule is Cc1cc(C(=O)CN2C(=O)CN(c3ccccc3)C2=O)c(C)n1CCC(C)C. The molecule has 0 saturated carbocycles. The number of para-hydroxylation sites is 1. The molecule has 0 unspecified atom stereocenters. The summed E-state index contributed by atoms with van der Waals surface area (Å²) in [6, 6.07) is 10.4. The average molecular weight is 381 g/mol. The van der Waals surface area contributed by atoms with Crippen LogP contribution < -0.4 is 4.90 Å². The van der Waals surface area contributed by atoms with Crippen LogP contribution in [0.4, 0.5) is 10.5 Å². The Labute approximate surface area is 165 Å². The molecule has 6 heteroatoms. The number of aromatic nitrogens is 1. The van der Waals surface area contributed by atoms with Crippen LogP contribution >= 0.6 is 0 Å². The number of hydrogen-bond acceptors (Lipinski definition) is 3. The monoisotopic (exact) mass is 381 g/mol.